The number of benzene rings is 2. The normalized spacial score (nSPS) is 16.2. The second kappa shape index (κ2) is 10.4. The highest BCUT2D eigenvalue weighted by atomic mass is 16.5. The number of carbonyl (C=O) groups excluding carboxylic acids is 1. The van der Waals surface area contributed by atoms with Crippen LogP contribution < -0.4 is 19.7 Å². The van der Waals surface area contributed by atoms with Gasteiger partial charge in [0.25, 0.3) is 5.91 Å². The Labute approximate surface area is 184 Å². The summed E-state index contributed by atoms with van der Waals surface area (Å²) in [6, 6.07) is 16.1. The number of methoxy groups -OCH3 is 1. The molecule has 164 valence electrons. The monoisotopic (exact) mass is 421 g/mol. The van der Waals surface area contributed by atoms with E-state index >= 15 is 0 Å². The molecule has 6 heteroatoms. The third-order valence-corrected chi connectivity index (χ3v) is 5.90. The third-order valence-electron chi connectivity index (χ3n) is 5.90. The number of para-hydroxylation sites is 1. The van der Waals surface area contributed by atoms with E-state index in [1.807, 2.05) is 42.5 Å². The van der Waals surface area contributed by atoms with Gasteiger partial charge in [-0.2, -0.15) is 0 Å². The van der Waals surface area contributed by atoms with Gasteiger partial charge < -0.3 is 19.7 Å². The maximum atomic E-state index is 12.4. The molecule has 2 aliphatic heterocycles. The molecule has 0 radical (unpaired) electrons. The number of anilines is 1. The van der Waals surface area contributed by atoms with Gasteiger partial charge in [-0.15, -0.1) is 0 Å². The van der Waals surface area contributed by atoms with Gasteiger partial charge in [0.05, 0.1) is 12.7 Å². The average molecular weight is 422 g/mol. The Morgan fingerprint density at radius 2 is 1.90 bits per heavy atom. The molecule has 31 heavy (non-hydrogen) atoms. The van der Waals surface area contributed by atoms with E-state index in [9.17, 15) is 4.79 Å². The molecule has 2 aromatic carbocycles. The lowest BCUT2D eigenvalue weighted by Gasteiger charge is -2.36. The standard InChI is InChI=1S/C25H31N3O3/c1-30-23-9-6-8-22(18-23)28-15-13-27(14-16-28)12-5-4-11-26-25(29)21-17-20-7-2-3-10-24(20)31-19-21/h2-3,6-10,17-18H,4-5,11-16,19H2,1H3,(H,26,29). The zero-order valence-corrected chi connectivity index (χ0v) is 18.2. The highest BCUT2D eigenvalue weighted by Gasteiger charge is 2.18. The van der Waals surface area contributed by atoms with Crippen molar-refractivity contribution < 1.29 is 14.3 Å². The number of amides is 1. The fourth-order valence-electron chi connectivity index (χ4n) is 4.06. The number of hydrogen-bond acceptors (Lipinski definition) is 5. The molecule has 0 bridgehead atoms. The maximum absolute atomic E-state index is 12.4. The highest BCUT2D eigenvalue weighted by Crippen LogP contribution is 2.25. The van der Waals surface area contributed by atoms with Crippen molar-refractivity contribution in [3.63, 3.8) is 0 Å². The van der Waals surface area contributed by atoms with E-state index in [0.29, 0.717) is 18.7 Å². The van der Waals surface area contributed by atoms with E-state index in [1.165, 1.54) is 5.69 Å². The molecule has 2 heterocycles. The molecule has 0 aliphatic carbocycles. The van der Waals surface area contributed by atoms with Crippen LogP contribution >= 0.6 is 0 Å². The van der Waals surface area contributed by atoms with Gasteiger partial charge in [0.2, 0.25) is 0 Å². The van der Waals surface area contributed by atoms with Crippen LogP contribution in [0.15, 0.2) is 54.1 Å². The van der Waals surface area contributed by atoms with Crippen molar-refractivity contribution in [2.45, 2.75) is 12.8 Å². The zero-order valence-electron chi connectivity index (χ0n) is 18.2. The summed E-state index contributed by atoms with van der Waals surface area (Å²) in [6.45, 7) is 6.28. The summed E-state index contributed by atoms with van der Waals surface area (Å²) in [5, 5.41) is 3.03. The Kier molecular flexibility index (Phi) is 7.10. The first kappa shape index (κ1) is 21.2. The quantitative estimate of drug-likeness (QED) is 0.664. The van der Waals surface area contributed by atoms with Crippen LogP contribution in [0.5, 0.6) is 11.5 Å². The summed E-state index contributed by atoms with van der Waals surface area (Å²) >= 11 is 0. The highest BCUT2D eigenvalue weighted by molar-refractivity contribution is 5.99. The fraction of sp³-hybridized carbons (Fsp3) is 0.400. The molecule has 0 unspecified atom stereocenters. The summed E-state index contributed by atoms with van der Waals surface area (Å²) in [4.78, 5) is 17.3. The van der Waals surface area contributed by atoms with Crippen molar-refractivity contribution in [3.8, 4) is 11.5 Å². The minimum absolute atomic E-state index is 0.0265. The van der Waals surface area contributed by atoms with Crippen LogP contribution in [-0.2, 0) is 4.79 Å². The SMILES string of the molecule is COc1cccc(N2CCN(CCCCNC(=O)C3=Cc4ccccc4OC3)CC2)c1. The van der Waals surface area contributed by atoms with Gasteiger partial charge in [-0.25, -0.2) is 0 Å². The van der Waals surface area contributed by atoms with Crippen LogP contribution in [0.3, 0.4) is 0 Å². The minimum Gasteiger partial charge on any atom is -0.497 e. The first-order valence-electron chi connectivity index (χ1n) is 11.0. The van der Waals surface area contributed by atoms with E-state index in [-0.39, 0.29) is 5.91 Å². The minimum atomic E-state index is -0.0265. The van der Waals surface area contributed by atoms with Crippen LogP contribution in [0.25, 0.3) is 6.08 Å². The molecular formula is C25H31N3O3. The zero-order chi connectivity index (χ0) is 21.5. The number of rotatable bonds is 8. The van der Waals surface area contributed by atoms with Gasteiger partial charge >= 0.3 is 0 Å². The number of hydrogen-bond donors (Lipinski definition) is 1. The summed E-state index contributed by atoms with van der Waals surface area (Å²) in [5.74, 6) is 1.72. The lowest BCUT2D eigenvalue weighted by Crippen LogP contribution is -2.46. The van der Waals surface area contributed by atoms with Gasteiger partial charge in [0.1, 0.15) is 18.1 Å². The van der Waals surface area contributed by atoms with Gasteiger partial charge in [-0.1, -0.05) is 24.3 Å². The number of nitrogens with one attached hydrogen (secondary N) is 1. The number of nitrogens with zero attached hydrogens (tertiary/aromatic N) is 2. The van der Waals surface area contributed by atoms with Crippen LogP contribution in [-0.4, -0.2) is 63.8 Å². The van der Waals surface area contributed by atoms with E-state index in [1.54, 1.807) is 7.11 Å². The van der Waals surface area contributed by atoms with Crippen LogP contribution in [0.1, 0.15) is 18.4 Å². The molecule has 0 aromatic heterocycles. The molecule has 0 atom stereocenters. The van der Waals surface area contributed by atoms with Crippen molar-refractivity contribution in [1.82, 2.24) is 10.2 Å². The van der Waals surface area contributed by atoms with Gasteiger partial charge in [-0.3, -0.25) is 9.69 Å². The number of piperazine rings is 1. The third kappa shape index (κ3) is 5.58. The molecule has 2 aromatic rings. The average Bonchev–Trinajstić information content (AvgIpc) is 2.84. The fourth-order valence-corrected chi connectivity index (χ4v) is 4.06. The molecule has 1 amide bonds. The van der Waals surface area contributed by atoms with E-state index in [2.05, 4.69) is 27.2 Å². The first-order valence-corrected chi connectivity index (χ1v) is 11.0. The second-order valence-corrected chi connectivity index (χ2v) is 7.99. The maximum Gasteiger partial charge on any atom is 0.250 e. The van der Waals surface area contributed by atoms with E-state index in [0.717, 1.165) is 62.6 Å². The molecule has 4 rings (SSSR count). The molecule has 0 saturated carbocycles. The van der Waals surface area contributed by atoms with Crippen molar-refractivity contribution in [1.29, 1.82) is 0 Å². The van der Waals surface area contributed by atoms with Gasteiger partial charge in [-0.05, 0) is 43.7 Å². The van der Waals surface area contributed by atoms with Crippen molar-refractivity contribution in [2.24, 2.45) is 0 Å². The van der Waals surface area contributed by atoms with E-state index in [4.69, 9.17) is 9.47 Å². The Hall–Kier alpha value is -2.99. The van der Waals surface area contributed by atoms with E-state index < -0.39 is 0 Å². The predicted octanol–water partition coefficient (Wildman–Crippen LogP) is 3.19. The van der Waals surface area contributed by atoms with Crippen LogP contribution in [0, 0.1) is 0 Å². The van der Waals surface area contributed by atoms with Crippen molar-refractivity contribution >= 4 is 17.7 Å². The number of ether oxygens (including phenoxy) is 2. The van der Waals surface area contributed by atoms with Crippen molar-refractivity contribution in [3.05, 3.63) is 59.7 Å². The molecule has 2 aliphatic rings. The molecular weight excluding hydrogens is 390 g/mol. The molecule has 1 fully saturated rings. The second-order valence-electron chi connectivity index (χ2n) is 7.99. The molecule has 1 N–H and O–H groups in total. The van der Waals surface area contributed by atoms with Crippen LogP contribution in [0.2, 0.25) is 0 Å². The summed E-state index contributed by atoms with van der Waals surface area (Å²) in [5.41, 5.74) is 2.88. The smallest absolute Gasteiger partial charge is 0.250 e. The Morgan fingerprint density at radius 1 is 1.06 bits per heavy atom. The lowest BCUT2D eigenvalue weighted by atomic mass is 10.1. The summed E-state index contributed by atoms with van der Waals surface area (Å²) in [6.07, 6.45) is 3.99. The molecule has 0 spiro atoms. The summed E-state index contributed by atoms with van der Waals surface area (Å²) < 4.78 is 11.0. The van der Waals surface area contributed by atoms with Gasteiger partial charge in [0, 0.05) is 50.0 Å². The Balaban J connectivity index is 1.13. The summed E-state index contributed by atoms with van der Waals surface area (Å²) in [7, 11) is 1.71. The number of carbonyl (C=O) groups is 1. The Morgan fingerprint density at radius 3 is 2.74 bits per heavy atom. The van der Waals surface area contributed by atoms with Crippen LogP contribution in [0.4, 0.5) is 5.69 Å². The lowest BCUT2D eigenvalue weighted by molar-refractivity contribution is -0.117. The largest absolute Gasteiger partial charge is 0.497 e. The number of fused-ring (bicyclic) bond motifs is 1. The van der Waals surface area contributed by atoms with Crippen molar-refractivity contribution in [2.75, 3.05) is 57.9 Å². The Bertz CT molecular complexity index is 920. The topological polar surface area (TPSA) is 54.0 Å². The number of unbranched alkanes of at least 4 members (excludes halogenated alkanes) is 1. The van der Waals surface area contributed by atoms with Gasteiger partial charge in [0.15, 0.2) is 0 Å². The predicted molar refractivity (Wildman–Crippen MR) is 124 cm³/mol. The molecule has 6 nitrogen and oxygen atoms in total. The molecule has 1 saturated heterocycles. The first-order chi connectivity index (χ1) is 15.2.